The van der Waals surface area contributed by atoms with Gasteiger partial charge in [0.15, 0.2) is 5.84 Å². The van der Waals surface area contributed by atoms with Crippen LogP contribution in [-0.2, 0) is 0 Å². The van der Waals surface area contributed by atoms with Crippen molar-refractivity contribution in [2.45, 2.75) is 33.1 Å². The molecule has 0 radical (unpaired) electrons. The molecule has 2 rings (SSSR count). The van der Waals surface area contributed by atoms with Gasteiger partial charge in [-0.1, -0.05) is 37.6 Å². The molecule has 19 heavy (non-hydrogen) atoms. The molecular weight excluding hydrogens is 238 g/mol. The van der Waals surface area contributed by atoms with Crippen LogP contribution in [-0.4, -0.2) is 24.1 Å². The Morgan fingerprint density at radius 1 is 1.37 bits per heavy atom. The van der Waals surface area contributed by atoms with E-state index in [1.807, 2.05) is 24.3 Å². The number of anilines is 1. The van der Waals surface area contributed by atoms with E-state index in [1.165, 1.54) is 19.3 Å². The molecule has 0 spiro atoms. The Morgan fingerprint density at radius 2 is 2.00 bits per heavy atom. The Bertz CT molecular complexity index is 462. The highest BCUT2D eigenvalue weighted by Gasteiger charge is 2.29. The molecule has 1 aliphatic heterocycles. The summed E-state index contributed by atoms with van der Waals surface area (Å²) < 4.78 is 0. The second-order valence-corrected chi connectivity index (χ2v) is 5.65. The van der Waals surface area contributed by atoms with Crippen molar-refractivity contribution in [2.24, 2.45) is 16.3 Å². The number of hydrogen-bond donors (Lipinski definition) is 2. The molecular formula is C15H23N3O. The third-order valence-corrected chi connectivity index (χ3v) is 4.45. The number of piperidine rings is 1. The van der Waals surface area contributed by atoms with Crippen LogP contribution in [0.15, 0.2) is 29.4 Å². The topological polar surface area (TPSA) is 61.8 Å². The van der Waals surface area contributed by atoms with Gasteiger partial charge in [0, 0.05) is 24.3 Å². The molecule has 0 aliphatic carbocycles. The van der Waals surface area contributed by atoms with Crippen molar-refractivity contribution in [3.05, 3.63) is 29.8 Å². The lowest BCUT2D eigenvalue weighted by Crippen LogP contribution is -2.39. The van der Waals surface area contributed by atoms with Crippen molar-refractivity contribution in [1.29, 1.82) is 0 Å². The molecule has 1 aliphatic rings. The lowest BCUT2D eigenvalue weighted by atomic mass is 9.78. The molecule has 0 amide bonds. The van der Waals surface area contributed by atoms with E-state index in [0.29, 0.717) is 5.41 Å². The molecule has 1 fully saturated rings. The van der Waals surface area contributed by atoms with Crippen molar-refractivity contribution in [3.8, 4) is 0 Å². The Labute approximate surface area is 114 Å². The lowest BCUT2D eigenvalue weighted by molar-refractivity contribution is 0.238. The number of amidine groups is 1. The molecule has 0 unspecified atom stereocenters. The maximum atomic E-state index is 8.88. The van der Waals surface area contributed by atoms with Gasteiger partial charge in [-0.15, -0.1) is 0 Å². The maximum Gasteiger partial charge on any atom is 0.172 e. The van der Waals surface area contributed by atoms with Crippen molar-refractivity contribution < 1.29 is 5.21 Å². The summed E-state index contributed by atoms with van der Waals surface area (Å²) in [6, 6.07) is 7.86. The Kier molecular flexibility index (Phi) is 3.98. The van der Waals surface area contributed by atoms with Gasteiger partial charge >= 0.3 is 0 Å². The van der Waals surface area contributed by atoms with E-state index in [0.717, 1.165) is 24.3 Å². The van der Waals surface area contributed by atoms with E-state index >= 15 is 0 Å². The third kappa shape index (κ3) is 2.83. The Morgan fingerprint density at radius 3 is 2.58 bits per heavy atom. The van der Waals surface area contributed by atoms with Crippen LogP contribution in [0.1, 0.15) is 38.7 Å². The minimum Gasteiger partial charge on any atom is -0.409 e. The zero-order chi connectivity index (χ0) is 13.9. The van der Waals surface area contributed by atoms with Crippen molar-refractivity contribution >= 4 is 11.5 Å². The van der Waals surface area contributed by atoms with Crippen LogP contribution in [0.2, 0.25) is 0 Å². The SMILES string of the molecule is CCC1(C)CCN(c2ccccc2C(N)=NO)CC1. The van der Waals surface area contributed by atoms with Crippen LogP contribution < -0.4 is 10.6 Å². The molecule has 0 atom stereocenters. The van der Waals surface area contributed by atoms with E-state index < -0.39 is 0 Å². The smallest absolute Gasteiger partial charge is 0.172 e. The highest BCUT2D eigenvalue weighted by atomic mass is 16.4. The average molecular weight is 261 g/mol. The number of rotatable bonds is 3. The number of nitrogens with two attached hydrogens (primary N) is 1. The van der Waals surface area contributed by atoms with E-state index in [4.69, 9.17) is 10.9 Å². The quantitative estimate of drug-likeness (QED) is 0.380. The highest BCUT2D eigenvalue weighted by molar-refractivity contribution is 6.02. The van der Waals surface area contributed by atoms with E-state index in [2.05, 4.69) is 23.9 Å². The van der Waals surface area contributed by atoms with Crippen LogP contribution in [0.5, 0.6) is 0 Å². The first-order valence-corrected chi connectivity index (χ1v) is 6.91. The predicted octanol–water partition coefficient (Wildman–Crippen LogP) is 2.80. The Hall–Kier alpha value is -1.71. The molecule has 1 aromatic rings. The largest absolute Gasteiger partial charge is 0.409 e. The number of para-hydroxylation sites is 1. The summed E-state index contributed by atoms with van der Waals surface area (Å²) in [5, 5.41) is 12.0. The van der Waals surface area contributed by atoms with Gasteiger partial charge in [0.2, 0.25) is 0 Å². The molecule has 0 aromatic heterocycles. The van der Waals surface area contributed by atoms with Gasteiger partial charge in [-0.25, -0.2) is 0 Å². The fourth-order valence-electron chi connectivity index (χ4n) is 2.66. The Balaban J connectivity index is 2.20. The van der Waals surface area contributed by atoms with Gasteiger partial charge < -0.3 is 15.8 Å². The standard InChI is InChI=1S/C15H23N3O/c1-3-15(2)8-10-18(11-9-15)13-7-5-4-6-12(13)14(16)17-19/h4-7,19H,3,8-11H2,1-2H3,(H2,16,17). The maximum absolute atomic E-state index is 8.88. The van der Waals surface area contributed by atoms with Gasteiger partial charge in [-0.3, -0.25) is 0 Å². The summed E-state index contributed by atoms with van der Waals surface area (Å²) in [6.45, 7) is 6.68. The number of nitrogens with zero attached hydrogens (tertiary/aromatic N) is 2. The van der Waals surface area contributed by atoms with Crippen LogP contribution in [0.25, 0.3) is 0 Å². The van der Waals surface area contributed by atoms with Crippen LogP contribution >= 0.6 is 0 Å². The third-order valence-electron chi connectivity index (χ3n) is 4.45. The van der Waals surface area contributed by atoms with Crippen LogP contribution in [0.3, 0.4) is 0 Å². The highest BCUT2D eigenvalue weighted by Crippen LogP contribution is 2.36. The van der Waals surface area contributed by atoms with E-state index in [-0.39, 0.29) is 5.84 Å². The predicted molar refractivity (Wildman–Crippen MR) is 78.8 cm³/mol. The second-order valence-electron chi connectivity index (χ2n) is 5.65. The van der Waals surface area contributed by atoms with Crippen molar-refractivity contribution in [3.63, 3.8) is 0 Å². The lowest BCUT2D eigenvalue weighted by Gasteiger charge is -2.40. The van der Waals surface area contributed by atoms with Gasteiger partial charge in [-0.2, -0.15) is 0 Å². The average Bonchev–Trinajstić information content (AvgIpc) is 2.47. The number of hydrogen-bond acceptors (Lipinski definition) is 3. The summed E-state index contributed by atoms with van der Waals surface area (Å²) in [5.74, 6) is 0.180. The molecule has 0 bridgehead atoms. The van der Waals surface area contributed by atoms with Gasteiger partial charge in [-0.05, 0) is 30.4 Å². The summed E-state index contributed by atoms with van der Waals surface area (Å²) in [6.07, 6.45) is 3.60. The molecule has 3 N–H and O–H groups in total. The molecule has 1 aromatic carbocycles. The normalized spacial score (nSPS) is 19.5. The molecule has 4 nitrogen and oxygen atoms in total. The number of oxime groups is 1. The first-order valence-electron chi connectivity index (χ1n) is 6.91. The van der Waals surface area contributed by atoms with Crippen LogP contribution in [0, 0.1) is 5.41 Å². The molecule has 1 heterocycles. The fourth-order valence-corrected chi connectivity index (χ4v) is 2.66. The zero-order valence-corrected chi connectivity index (χ0v) is 11.8. The molecule has 0 saturated carbocycles. The molecule has 1 saturated heterocycles. The van der Waals surface area contributed by atoms with Gasteiger partial charge in [0.05, 0.1) is 0 Å². The molecule has 104 valence electrons. The fraction of sp³-hybridized carbons (Fsp3) is 0.533. The first-order chi connectivity index (χ1) is 9.09. The summed E-state index contributed by atoms with van der Waals surface area (Å²) in [7, 11) is 0. The minimum absolute atomic E-state index is 0.180. The first kappa shape index (κ1) is 13.7. The van der Waals surface area contributed by atoms with Gasteiger partial charge in [0.1, 0.15) is 0 Å². The monoisotopic (exact) mass is 261 g/mol. The van der Waals surface area contributed by atoms with Crippen molar-refractivity contribution in [2.75, 3.05) is 18.0 Å². The summed E-state index contributed by atoms with van der Waals surface area (Å²) >= 11 is 0. The van der Waals surface area contributed by atoms with Crippen LogP contribution in [0.4, 0.5) is 5.69 Å². The zero-order valence-electron chi connectivity index (χ0n) is 11.8. The van der Waals surface area contributed by atoms with E-state index in [9.17, 15) is 0 Å². The van der Waals surface area contributed by atoms with Crippen molar-refractivity contribution in [1.82, 2.24) is 0 Å². The molecule has 4 heteroatoms. The van der Waals surface area contributed by atoms with E-state index in [1.54, 1.807) is 0 Å². The summed E-state index contributed by atoms with van der Waals surface area (Å²) in [4.78, 5) is 2.34. The summed E-state index contributed by atoms with van der Waals surface area (Å²) in [5.41, 5.74) is 8.09. The second kappa shape index (κ2) is 5.51. The van der Waals surface area contributed by atoms with Gasteiger partial charge in [0.25, 0.3) is 0 Å². The number of benzene rings is 1. The minimum atomic E-state index is 0.180.